The number of aromatic nitrogens is 3. The molecule has 1 unspecified atom stereocenters. The third kappa shape index (κ3) is 6.28. The molecule has 1 fully saturated rings. The molecule has 0 saturated carbocycles. The second-order valence-electron chi connectivity index (χ2n) is 7.76. The SMILES string of the molecule is CN(Cc1ccc2cnccc2c1)C(=O)c1cn[nH]c1C1CCCNC1.O=C(O)C(F)(F)F. The fourth-order valence-electron chi connectivity index (χ4n) is 3.66. The summed E-state index contributed by atoms with van der Waals surface area (Å²) < 4.78 is 31.7. The zero-order valence-corrected chi connectivity index (χ0v) is 17.9. The number of carboxylic acid groups (broad SMARTS) is 1. The van der Waals surface area contributed by atoms with Gasteiger partial charge in [-0.2, -0.15) is 18.3 Å². The smallest absolute Gasteiger partial charge is 0.475 e. The lowest BCUT2D eigenvalue weighted by atomic mass is 9.93. The molecule has 1 saturated heterocycles. The molecule has 33 heavy (non-hydrogen) atoms. The van der Waals surface area contributed by atoms with E-state index >= 15 is 0 Å². The molecular weight excluding hydrogens is 439 g/mol. The Labute approximate surface area is 187 Å². The highest BCUT2D eigenvalue weighted by Crippen LogP contribution is 2.25. The molecule has 176 valence electrons. The van der Waals surface area contributed by atoms with Crippen molar-refractivity contribution in [3.05, 3.63) is 59.7 Å². The summed E-state index contributed by atoms with van der Waals surface area (Å²) in [7, 11) is 1.84. The molecule has 4 rings (SSSR count). The summed E-state index contributed by atoms with van der Waals surface area (Å²) >= 11 is 0. The minimum absolute atomic E-state index is 0.00847. The number of pyridine rings is 1. The van der Waals surface area contributed by atoms with E-state index in [0.717, 1.165) is 48.0 Å². The number of aliphatic carboxylic acids is 1. The third-order valence-electron chi connectivity index (χ3n) is 5.32. The van der Waals surface area contributed by atoms with E-state index in [1.807, 2.05) is 25.4 Å². The Morgan fingerprint density at radius 3 is 2.64 bits per heavy atom. The third-order valence-corrected chi connectivity index (χ3v) is 5.32. The normalized spacial score (nSPS) is 16.1. The van der Waals surface area contributed by atoms with Crippen LogP contribution in [0, 0.1) is 0 Å². The molecule has 8 nitrogen and oxygen atoms in total. The summed E-state index contributed by atoms with van der Waals surface area (Å²) in [6, 6.07) is 8.20. The molecule has 3 aromatic rings. The number of fused-ring (bicyclic) bond motifs is 1. The second kappa shape index (κ2) is 10.4. The summed E-state index contributed by atoms with van der Waals surface area (Å²) in [5.74, 6) is -2.42. The van der Waals surface area contributed by atoms with Crippen molar-refractivity contribution in [2.75, 3.05) is 20.1 Å². The fraction of sp³-hybridized carbons (Fsp3) is 0.364. The van der Waals surface area contributed by atoms with Crippen LogP contribution in [-0.4, -0.2) is 63.4 Å². The minimum Gasteiger partial charge on any atom is -0.475 e. The van der Waals surface area contributed by atoms with E-state index in [4.69, 9.17) is 9.90 Å². The highest BCUT2D eigenvalue weighted by molar-refractivity contribution is 5.95. The second-order valence-corrected chi connectivity index (χ2v) is 7.76. The van der Waals surface area contributed by atoms with Crippen molar-refractivity contribution in [2.24, 2.45) is 0 Å². The number of hydrogen-bond donors (Lipinski definition) is 3. The quantitative estimate of drug-likeness (QED) is 0.547. The molecule has 1 aromatic carbocycles. The number of H-pyrrole nitrogens is 1. The lowest BCUT2D eigenvalue weighted by Crippen LogP contribution is -2.31. The standard InChI is InChI=1S/C20H23N5O.C2HF3O2/c1-25(13-14-4-5-16-10-22-8-6-15(16)9-14)20(26)18-12-23-24-19(18)17-3-2-7-21-11-17;3-2(4,5)1(6)7/h4-6,8-10,12,17,21H,2-3,7,11,13H2,1H3,(H,23,24);(H,6,7). The molecule has 0 aliphatic carbocycles. The zero-order valence-electron chi connectivity index (χ0n) is 17.9. The van der Waals surface area contributed by atoms with Crippen molar-refractivity contribution in [1.82, 2.24) is 25.4 Å². The molecule has 1 aliphatic rings. The van der Waals surface area contributed by atoms with Gasteiger partial charge in [-0.05, 0) is 42.5 Å². The molecule has 11 heteroatoms. The number of alkyl halides is 3. The van der Waals surface area contributed by atoms with Crippen molar-refractivity contribution >= 4 is 22.6 Å². The maximum absolute atomic E-state index is 13.0. The molecule has 1 atom stereocenters. The fourth-order valence-corrected chi connectivity index (χ4v) is 3.66. The van der Waals surface area contributed by atoms with Gasteiger partial charge in [0.15, 0.2) is 0 Å². The first-order valence-electron chi connectivity index (χ1n) is 10.3. The van der Waals surface area contributed by atoms with Gasteiger partial charge in [-0.25, -0.2) is 4.79 Å². The van der Waals surface area contributed by atoms with Gasteiger partial charge < -0.3 is 15.3 Å². The van der Waals surface area contributed by atoms with Gasteiger partial charge in [-0.15, -0.1) is 0 Å². The van der Waals surface area contributed by atoms with Gasteiger partial charge in [0.25, 0.3) is 5.91 Å². The number of rotatable bonds is 4. The van der Waals surface area contributed by atoms with Gasteiger partial charge in [0.1, 0.15) is 0 Å². The van der Waals surface area contributed by atoms with Crippen LogP contribution >= 0.6 is 0 Å². The van der Waals surface area contributed by atoms with Gasteiger partial charge in [0.2, 0.25) is 0 Å². The molecule has 2 aromatic heterocycles. The molecule has 0 spiro atoms. The number of carbonyl (C=O) groups is 2. The van der Waals surface area contributed by atoms with E-state index < -0.39 is 12.1 Å². The van der Waals surface area contributed by atoms with Crippen molar-refractivity contribution in [2.45, 2.75) is 31.5 Å². The Hall–Kier alpha value is -3.47. The average molecular weight is 463 g/mol. The minimum atomic E-state index is -5.08. The number of benzene rings is 1. The zero-order chi connectivity index (χ0) is 24.0. The molecular formula is C22H24F3N5O3. The number of nitrogens with one attached hydrogen (secondary N) is 2. The van der Waals surface area contributed by atoms with Crippen LogP contribution in [0.25, 0.3) is 10.8 Å². The summed E-state index contributed by atoms with van der Waals surface area (Å²) in [4.78, 5) is 27.8. The lowest BCUT2D eigenvalue weighted by Gasteiger charge is -2.24. The molecule has 0 bridgehead atoms. The van der Waals surface area contributed by atoms with Gasteiger partial charge in [0, 0.05) is 43.8 Å². The van der Waals surface area contributed by atoms with Crippen LogP contribution in [0.1, 0.15) is 40.4 Å². The predicted octanol–water partition coefficient (Wildman–Crippen LogP) is 3.33. The van der Waals surface area contributed by atoms with Crippen molar-refractivity contribution in [3.63, 3.8) is 0 Å². The van der Waals surface area contributed by atoms with E-state index in [-0.39, 0.29) is 5.91 Å². The Morgan fingerprint density at radius 2 is 1.97 bits per heavy atom. The predicted molar refractivity (Wildman–Crippen MR) is 115 cm³/mol. The average Bonchev–Trinajstić information content (AvgIpc) is 3.29. The Kier molecular flexibility index (Phi) is 7.64. The summed E-state index contributed by atoms with van der Waals surface area (Å²) in [6.07, 6.45) is 2.42. The van der Waals surface area contributed by atoms with E-state index in [2.05, 4.69) is 32.6 Å². The van der Waals surface area contributed by atoms with Crippen molar-refractivity contribution in [1.29, 1.82) is 0 Å². The van der Waals surface area contributed by atoms with Gasteiger partial charge in [-0.3, -0.25) is 14.9 Å². The highest BCUT2D eigenvalue weighted by atomic mass is 19.4. The van der Waals surface area contributed by atoms with Crippen LogP contribution in [0.3, 0.4) is 0 Å². The van der Waals surface area contributed by atoms with Crippen molar-refractivity contribution in [3.8, 4) is 0 Å². The van der Waals surface area contributed by atoms with Crippen LogP contribution in [-0.2, 0) is 11.3 Å². The lowest BCUT2D eigenvalue weighted by molar-refractivity contribution is -0.192. The Bertz CT molecular complexity index is 1110. The Morgan fingerprint density at radius 1 is 1.21 bits per heavy atom. The van der Waals surface area contributed by atoms with Crippen LogP contribution in [0.2, 0.25) is 0 Å². The number of halogens is 3. The molecule has 3 N–H and O–H groups in total. The number of hydrogen-bond acceptors (Lipinski definition) is 5. The number of piperidine rings is 1. The summed E-state index contributed by atoms with van der Waals surface area (Å²) in [5, 5.41) is 20.0. The number of carboxylic acids is 1. The first-order valence-corrected chi connectivity index (χ1v) is 10.3. The molecule has 0 radical (unpaired) electrons. The molecule has 3 heterocycles. The topological polar surface area (TPSA) is 111 Å². The highest BCUT2D eigenvalue weighted by Gasteiger charge is 2.38. The molecule has 1 aliphatic heterocycles. The first-order chi connectivity index (χ1) is 15.7. The summed E-state index contributed by atoms with van der Waals surface area (Å²) in [6.45, 7) is 2.50. The van der Waals surface area contributed by atoms with Crippen LogP contribution < -0.4 is 5.32 Å². The number of nitrogens with zero attached hydrogens (tertiary/aromatic N) is 3. The monoisotopic (exact) mass is 463 g/mol. The van der Waals surface area contributed by atoms with E-state index in [9.17, 15) is 18.0 Å². The Balaban J connectivity index is 0.000000383. The number of carbonyl (C=O) groups excluding carboxylic acids is 1. The van der Waals surface area contributed by atoms with Crippen LogP contribution in [0.4, 0.5) is 13.2 Å². The van der Waals surface area contributed by atoms with E-state index in [0.29, 0.717) is 18.0 Å². The van der Waals surface area contributed by atoms with E-state index in [1.165, 1.54) is 0 Å². The number of amides is 1. The van der Waals surface area contributed by atoms with Gasteiger partial charge in [0.05, 0.1) is 17.5 Å². The largest absolute Gasteiger partial charge is 0.490 e. The first kappa shape index (κ1) is 24.2. The maximum Gasteiger partial charge on any atom is 0.490 e. The van der Waals surface area contributed by atoms with Gasteiger partial charge in [-0.1, -0.05) is 12.1 Å². The van der Waals surface area contributed by atoms with E-state index in [1.54, 1.807) is 17.3 Å². The number of aromatic amines is 1. The van der Waals surface area contributed by atoms with Crippen LogP contribution in [0.5, 0.6) is 0 Å². The molecule has 1 amide bonds. The maximum atomic E-state index is 13.0. The summed E-state index contributed by atoms with van der Waals surface area (Å²) in [5.41, 5.74) is 2.74. The van der Waals surface area contributed by atoms with Gasteiger partial charge >= 0.3 is 12.1 Å². The van der Waals surface area contributed by atoms with Crippen LogP contribution in [0.15, 0.2) is 42.9 Å². The van der Waals surface area contributed by atoms with Crippen molar-refractivity contribution < 1.29 is 27.9 Å².